The highest BCUT2D eigenvalue weighted by atomic mass is 19.1. The minimum absolute atomic E-state index is 0.0989. The minimum Gasteiger partial charge on any atom is -0.496 e. The molecule has 0 saturated carbocycles. The summed E-state index contributed by atoms with van der Waals surface area (Å²) in [6, 6.07) is 3.39. The molecular formula is C13H19FO2. The second-order valence-corrected chi connectivity index (χ2v) is 4.18. The SMILES string of the molecule is COc1cc(CCCO)cc(F)c1C(C)C. The Bertz CT molecular complexity index is 348. The van der Waals surface area contributed by atoms with Crippen LogP contribution in [0.4, 0.5) is 4.39 Å². The van der Waals surface area contributed by atoms with Gasteiger partial charge in [-0.05, 0) is 36.5 Å². The summed E-state index contributed by atoms with van der Waals surface area (Å²) < 4.78 is 19.0. The topological polar surface area (TPSA) is 29.5 Å². The van der Waals surface area contributed by atoms with E-state index >= 15 is 0 Å². The molecule has 1 rings (SSSR count). The van der Waals surface area contributed by atoms with E-state index in [4.69, 9.17) is 9.84 Å². The van der Waals surface area contributed by atoms with Gasteiger partial charge in [0.2, 0.25) is 0 Å². The number of rotatable bonds is 5. The molecule has 0 spiro atoms. The van der Waals surface area contributed by atoms with E-state index < -0.39 is 0 Å². The Morgan fingerprint density at radius 1 is 1.38 bits per heavy atom. The van der Waals surface area contributed by atoms with Crippen LogP contribution in [-0.2, 0) is 6.42 Å². The highest BCUT2D eigenvalue weighted by molar-refractivity contribution is 5.40. The van der Waals surface area contributed by atoms with Crippen molar-refractivity contribution in [1.29, 1.82) is 0 Å². The van der Waals surface area contributed by atoms with Crippen molar-refractivity contribution in [3.63, 3.8) is 0 Å². The second-order valence-electron chi connectivity index (χ2n) is 4.18. The molecule has 0 unspecified atom stereocenters. The Hall–Kier alpha value is -1.09. The van der Waals surface area contributed by atoms with Crippen LogP contribution in [0.5, 0.6) is 5.75 Å². The first-order chi connectivity index (χ1) is 7.60. The lowest BCUT2D eigenvalue weighted by molar-refractivity contribution is 0.288. The van der Waals surface area contributed by atoms with Crippen LogP contribution in [0.2, 0.25) is 0 Å². The molecule has 0 heterocycles. The molecule has 0 aliphatic carbocycles. The number of halogens is 1. The van der Waals surface area contributed by atoms with Gasteiger partial charge in [0.05, 0.1) is 7.11 Å². The Balaban J connectivity index is 3.06. The highest BCUT2D eigenvalue weighted by Crippen LogP contribution is 2.30. The molecular weight excluding hydrogens is 207 g/mol. The number of benzene rings is 1. The average Bonchev–Trinajstić information content (AvgIpc) is 2.24. The zero-order valence-electron chi connectivity index (χ0n) is 10.1. The molecule has 0 aliphatic rings. The first kappa shape index (κ1) is 13.0. The van der Waals surface area contributed by atoms with Gasteiger partial charge in [-0.2, -0.15) is 0 Å². The van der Waals surface area contributed by atoms with E-state index in [1.165, 1.54) is 6.07 Å². The van der Waals surface area contributed by atoms with Gasteiger partial charge < -0.3 is 9.84 Å². The van der Waals surface area contributed by atoms with Crippen molar-refractivity contribution in [1.82, 2.24) is 0 Å². The van der Waals surface area contributed by atoms with Crippen molar-refractivity contribution in [3.8, 4) is 5.75 Å². The lowest BCUT2D eigenvalue weighted by Crippen LogP contribution is -2.01. The van der Waals surface area contributed by atoms with Gasteiger partial charge in [-0.1, -0.05) is 13.8 Å². The Morgan fingerprint density at radius 2 is 2.06 bits per heavy atom. The zero-order valence-corrected chi connectivity index (χ0v) is 10.1. The van der Waals surface area contributed by atoms with Crippen LogP contribution in [0.3, 0.4) is 0 Å². The maximum Gasteiger partial charge on any atom is 0.130 e. The number of hydrogen-bond donors (Lipinski definition) is 1. The van der Waals surface area contributed by atoms with E-state index in [1.807, 2.05) is 19.9 Å². The fourth-order valence-corrected chi connectivity index (χ4v) is 1.80. The van der Waals surface area contributed by atoms with Gasteiger partial charge >= 0.3 is 0 Å². The number of aliphatic hydroxyl groups is 1. The van der Waals surface area contributed by atoms with Crippen LogP contribution in [0.25, 0.3) is 0 Å². The van der Waals surface area contributed by atoms with Crippen LogP contribution >= 0.6 is 0 Å². The maximum absolute atomic E-state index is 13.8. The van der Waals surface area contributed by atoms with Crippen molar-refractivity contribution in [2.75, 3.05) is 13.7 Å². The number of aliphatic hydroxyl groups excluding tert-OH is 1. The zero-order chi connectivity index (χ0) is 12.1. The number of ether oxygens (including phenoxy) is 1. The summed E-state index contributed by atoms with van der Waals surface area (Å²) in [5.41, 5.74) is 1.49. The molecule has 0 aliphatic heterocycles. The first-order valence-electron chi connectivity index (χ1n) is 5.57. The summed E-state index contributed by atoms with van der Waals surface area (Å²) in [5, 5.41) is 8.74. The molecule has 0 saturated heterocycles. The van der Waals surface area contributed by atoms with Crippen LogP contribution in [0, 0.1) is 5.82 Å². The third-order valence-corrected chi connectivity index (χ3v) is 2.57. The summed E-state index contributed by atoms with van der Waals surface area (Å²) >= 11 is 0. The highest BCUT2D eigenvalue weighted by Gasteiger charge is 2.14. The van der Waals surface area contributed by atoms with Crippen LogP contribution in [0.15, 0.2) is 12.1 Å². The van der Waals surface area contributed by atoms with Gasteiger partial charge in [0.1, 0.15) is 11.6 Å². The van der Waals surface area contributed by atoms with Crippen molar-refractivity contribution in [2.45, 2.75) is 32.6 Å². The normalized spacial score (nSPS) is 10.9. The lowest BCUT2D eigenvalue weighted by Gasteiger charge is -2.14. The lowest BCUT2D eigenvalue weighted by atomic mass is 9.98. The van der Waals surface area contributed by atoms with Gasteiger partial charge in [0.15, 0.2) is 0 Å². The summed E-state index contributed by atoms with van der Waals surface area (Å²) in [5.74, 6) is 0.479. The van der Waals surface area contributed by atoms with Gasteiger partial charge in [0.25, 0.3) is 0 Å². The quantitative estimate of drug-likeness (QED) is 0.836. The van der Waals surface area contributed by atoms with E-state index in [2.05, 4.69) is 0 Å². The molecule has 0 bridgehead atoms. The molecule has 1 N–H and O–H groups in total. The smallest absolute Gasteiger partial charge is 0.130 e. The monoisotopic (exact) mass is 226 g/mol. The summed E-state index contributed by atoms with van der Waals surface area (Å²) in [4.78, 5) is 0. The minimum atomic E-state index is -0.220. The van der Waals surface area contributed by atoms with Crippen molar-refractivity contribution < 1.29 is 14.2 Å². The molecule has 0 radical (unpaired) electrons. The molecule has 0 fully saturated rings. The molecule has 90 valence electrons. The molecule has 2 nitrogen and oxygen atoms in total. The summed E-state index contributed by atoms with van der Waals surface area (Å²) in [6.07, 6.45) is 1.31. The van der Waals surface area contributed by atoms with E-state index in [0.29, 0.717) is 24.2 Å². The Kier molecular flexibility index (Phi) is 4.74. The molecule has 0 atom stereocenters. The fraction of sp³-hybridized carbons (Fsp3) is 0.538. The van der Waals surface area contributed by atoms with E-state index in [9.17, 15) is 4.39 Å². The van der Waals surface area contributed by atoms with Gasteiger partial charge in [-0.15, -0.1) is 0 Å². The Morgan fingerprint density at radius 3 is 2.56 bits per heavy atom. The van der Waals surface area contributed by atoms with E-state index in [-0.39, 0.29) is 18.3 Å². The summed E-state index contributed by atoms with van der Waals surface area (Å²) in [6.45, 7) is 4.00. The third kappa shape index (κ3) is 2.95. The largest absolute Gasteiger partial charge is 0.496 e. The predicted molar refractivity (Wildman–Crippen MR) is 62.4 cm³/mol. The molecule has 1 aromatic carbocycles. The third-order valence-electron chi connectivity index (χ3n) is 2.57. The standard InChI is InChI=1S/C13H19FO2/c1-9(2)13-11(14)7-10(5-4-6-15)8-12(13)16-3/h7-9,15H,4-6H2,1-3H3. The van der Waals surface area contributed by atoms with Gasteiger partial charge in [-0.25, -0.2) is 4.39 Å². The maximum atomic E-state index is 13.8. The average molecular weight is 226 g/mol. The van der Waals surface area contributed by atoms with Gasteiger partial charge in [0, 0.05) is 12.2 Å². The summed E-state index contributed by atoms with van der Waals surface area (Å²) in [7, 11) is 1.55. The number of hydrogen-bond acceptors (Lipinski definition) is 2. The number of aryl methyl sites for hydroxylation is 1. The fourth-order valence-electron chi connectivity index (χ4n) is 1.80. The molecule has 16 heavy (non-hydrogen) atoms. The molecule has 3 heteroatoms. The molecule has 1 aromatic rings. The number of methoxy groups -OCH3 is 1. The van der Waals surface area contributed by atoms with Crippen molar-refractivity contribution >= 4 is 0 Å². The first-order valence-corrected chi connectivity index (χ1v) is 5.57. The Labute approximate surface area is 96.1 Å². The van der Waals surface area contributed by atoms with Crippen LogP contribution in [0.1, 0.15) is 37.3 Å². The van der Waals surface area contributed by atoms with E-state index in [0.717, 1.165) is 5.56 Å². The van der Waals surface area contributed by atoms with Crippen molar-refractivity contribution in [2.24, 2.45) is 0 Å². The second kappa shape index (κ2) is 5.85. The van der Waals surface area contributed by atoms with Crippen LogP contribution < -0.4 is 4.74 Å². The molecule has 0 aromatic heterocycles. The van der Waals surface area contributed by atoms with E-state index in [1.54, 1.807) is 7.11 Å². The van der Waals surface area contributed by atoms with Gasteiger partial charge in [-0.3, -0.25) is 0 Å². The van der Waals surface area contributed by atoms with Crippen LogP contribution in [-0.4, -0.2) is 18.8 Å². The van der Waals surface area contributed by atoms with Crippen molar-refractivity contribution in [3.05, 3.63) is 29.1 Å². The predicted octanol–water partition coefficient (Wildman–Crippen LogP) is 2.88. The molecule has 0 amide bonds.